The molecule has 0 amide bonds. The van der Waals surface area contributed by atoms with E-state index >= 15 is 0 Å². The first-order valence-corrected chi connectivity index (χ1v) is 29.6. The summed E-state index contributed by atoms with van der Waals surface area (Å²) in [5.74, 6) is 9.81. The van der Waals surface area contributed by atoms with Gasteiger partial charge in [-0.2, -0.15) is 0 Å². The monoisotopic (exact) mass is 919 g/mol. The van der Waals surface area contributed by atoms with Crippen molar-refractivity contribution < 1.29 is 0 Å². The summed E-state index contributed by atoms with van der Waals surface area (Å²) in [5.41, 5.74) is 9.97. The van der Waals surface area contributed by atoms with Crippen LogP contribution in [0.5, 0.6) is 0 Å². The van der Waals surface area contributed by atoms with E-state index in [0.717, 1.165) is 53.3 Å². The molecule has 4 heteroatoms. The molecule has 13 rings (SSSR count). The molecule has 2 aliphatic heterocycles. The second-order valence-corrected chi connectivity index (χ2v) is 28.3. The van der Waals surface area contributed by atoms with E-state index in [2.05, 4.69) is 161 Å². The van der Waals surface area contributed by atoms with E-state index in [-0.39, 0.29) is 0 Å². The second kappa shape index (κ2) is 16.7. The Hall–Kier alpha value is -2.30. The highest BCUT2D eigenvalue weighted by Crippen LogP contribution is 2.69. The van der Waals surface area contributed by atoms with E-state index in [9.17, 15) is 0 Å². The van der Waals surface area contributed by atoms with E-state index in [1.165, 1.54) is 101 Å². The number of nitrogens with zero attached hydrogens (tertiary/aromatic N) is 2. The molecule has 0 N–H and O–H groups in total. The Bertz CT molecular complexity index is 2290. The van der Waals surface area contributed by atoms with Crippen molar-refractivity contribution in [1.29, 1.82) is 0 Å². The van der Waals surface area contributed by atoms with Crippen LogP contribution in [0.1, 0.15) is 136 Å². The number of allylic oxidation sites excluding steroid dienone is 10. The predicted molar refractivity (Wildman–Crippen MR) is 282 cm³/mol. The molecule has 10 aliphatic carbocycles. The first-order chi connectivity index (χ1) is 32.0. The molecule has 0 radical (unpaired) electrons. The van der Waals surface area contributed by atoms with Gasteiger partial charge in [0.15, 0.2) is 0 Å². The van der Waals surface area contributed by atoms with Crippen molar-refractivity contribution >= 4 is 29.2 Å². The molecule has 1 aromatic carbocycles. The van der Waals surface area contributed by atoms with E-state index in [1.807, 2.05) is 0 Å². The highest BCUT2D eigenvalue weighted by Gasteiger charge is 2.65. The number of rotatable bonds is 6. The zero-order chi connectivity index (χ0) is 44.7. The summed E-state index contributed by atoms with van der Waals surface area (Å²) in [7, 11) is 0. The fourth-order valence-electron chi connectivity index (χ4n) is 19.1. The molecule has 352 valence electrons. The quantitative estimate of drug-likeness (QED) is 0.262. The smallest absolute Gasteiger partial charge is 0.0518 e. The van der Waals surface area contributed by atoms with Gasteiger partial charge in [0.25, 0.3) is 0 Å². The Labute approximate surface area is 409 Å². The molecule has 1 saturated heterocycles. The minimum atomic E-state index is 0.401. The minimum Gasteiger partial charge on any atom is -0.364 e. The summed E-state index contributed by atoms with van der Waals surface area (Å²) < 4.78 is 0. The van der Waals surface area contributed by atoms with Crippen LogP contribution in [0.3, 0.4) is 0 Å². The molecule has 12 aliphatic rings. The van der Waals surface area contributed by atoms with Crippen LogP contribution < -0.4 is 4.90 Å². The lowest BCUT2D eigenvalue weighted by atomic mass is 9.38. The van der Waals surface area contributed by atoms with Crippen molar-refractivity contribution in [2.75, 3.05) is 4.90 Å². The Morgan fingerprint density at radius 2 is 1.58 bits per heavy atom. The average molecular weight is 919 g/mol. The molecule has 1 aromatic rings. The largest absolute Gasteiger partial charge is 0.364 e. The number of thioether (sulfide) groups is 2. The number of aryl methyl sites for hydroxylation is 2. The van der Waals surface area contributed by atoms with E-state index in [0.29, 0.717) is 69.0 Å². The maximum atomic E-state index is 3.25. The van der Waals surface area contributed by atoms with E-state index in [4.69, 9.17) is 0 Å². The lowest BCUT2D eigenvalue weighted by molar-refractivity contribution is -0.169. The summed E-state index contributed by atoms with van der Waals surface area (Å²) >= 11 is 4.70. The number of hydrogen-bond acceptors (Lipinski definition) is 4. The number of hydrogen-bond donors (Lipinski definition) is 0. The van der Waals surface area contributed by atoms with Gasteiger partial charge in [0.1, 0.15) is 0 Å². The third kappa shape index (κ3) is 6.96. The Morgan fingerprint density at radius 1 is 0.727 bits per heavy atom. The number of anilines is 1. The summed E-state index contributed by atoms with van der Waals surface area (Å²) in [6, 6.07) is 9.98. The van der Waals surface area contributed by atoms with Crippen LogP contribution in [0.4, 0.5) is 5.69 Å². The van der Waals surface area contributed by atoms with Gasteiger partial charge in [0.05, 0.1) is 5.25 Å². The first kappa shape index (κ1) is 43.7. The van der Waals surface area contributed by atoms with E-state index in [1.54, 1.807) is 27.4 Å². The van der Waals surface area contributed by atoms with Crippen LogP contribution in [0.25, 0.3) is 0 Å². The molecule has 2 heterocycles. The van der Waals surface area contributed by atoms with Gasteiger partial charge in [0.2, 0.25) is 0 Å². The Balaban J connectivity index is 0.931. The highest BCUT2D eigenvalue weighted by atomic mass is 32.2. The summed E-state index contributed by atoms with van der Waals surface area (Å²) in [6.07, 6.45) is 45.6. The van der Waals surface area contributed by atoms with Crippen LogP contribution in [0, 0.1) is 96.2 Å². The highest BCUT2D eigenvalue weighted by molar-refractivity contribution is 8.04. The van der Waals surface area contributed by atoms with Crippen LogP contribution in [0.2, 0.25) is 0 Å². The van der Waals surface area contributed by atoms with Crippen molar-refractivity contribution in [3.63, 3.8) is 0 Å². The second-order valence-electron chi connectivity index (χ2n) is 25.7. The van der Waals surface area contributed by atoms with Crippen molar-refractivity contribution in [1.82, 2.24) is 4.90 Å². The SMILES string of the molecule is CC1=CC(N(C2=CC=CC3C2SC2C=CCCC23)C2CC(C)C3C=CC4C5C3C2CC2C5C(CCC2(C)C)CC4N(c2cc(C)cc(C)c2)C2CCCC3C4=C(CCC=C4)SC32)CC(C)C1. The Kier molecular flexibility index (Phi) is 11.0. The van der Waals surface area contributed by atoms with Gasteiger partial charge in [-0.1, -0.05) is 100 Å². The van der Waals surface area contributed by atoms with Gasteiger partial charge in [-0.15, -0.1) is 23.5 Å². The van der Waals surface area contributed by atoms with Crippen LogP contribution in [-0.4, -0.2) is 44.8 Å². The molecule has 20 unspecified atom stereocenters. The zero-order valence-electron chi connectivity index (χ0n) is 41.7. The van der Waals surface area contributed by atoms with Gasteiger partial charge in [0, 0.05) is 52.0 Å². The maximum Gasteiger partial charge on any atom is 0.0518 e. The fourth-order valence-corrected chi connectivity index (χ4v) is 22.8. The summed E-state index contributed by atoms with van der Waals surface area (Å²) in [4.78, 5) is 8.21. The van der Waals surface area contributed by atoms with Crippen molar-refractivity contribution in [2.45, 2.75) is 178 Å². The van der Waals surface area contributed by atoms with Gasteiger partial charge >= 0.3 is 0 Å². The average Bonchev–Trinajstić information content (AvgIpc) is 3.88. The molecular weight excluding hydrogens is 837 g/mol. The fraction of sp³-hybridized carbons (Fsp3) is 0.677. The van der Waals surface area contributed by atoms with E-state index < -0.39 is 0 Å². The zero-order valence-corrected chi connectivity index (χ0v) is 43.3. The lowest BCUT2D eigenvalue weighted by Gasteiger charge is -2.69. The molecule has 66 heavy (non-hydrogen) atoms. The molecule has 20 atom stereocenters. The maximum absolute atomic E-state index is 3.25. The van der Waals surface area contributed by atoms with Crippen molar-refractivity contribution in [2.24, 2.45) is 82.3 Å². The standard InChI is InChI=1S/C62H82N2S2/c1-35-26-36(2)29-41(28-35)63(51-18-12-16-46-44-14-8-10-20-55(44)65-60(46)51)53-32-39(5)43-22-23-48-54(33-40-24-25-62(6,7)50-34-49(53)58(43)59(48)57(40)50)64(42-30-37(3)27-38(4)31-42)52-19-13-17-47-45-15-9-11-21-56(45)66-61(47)52/h9-10,12,15-16,18,20,22-23,27-28,30-31,36,39-41,43-44,46-50,52-55,57-61H,8,11,13-14,17,19,21,24-26,29,32-34H2,1-7H3. The van der Waals surface area contributed by atoms with Gasteiger partial charge in [-0.25, -0.2) is 0 Å². The molecule has 2 nitrogen and oxygen atoms in total. The topological polar surface area (TPSA) is 6.48 Å². The molecule has 0 spiro atoms. The molecule has 5 saturated carbocycles. The molecular formula is C62H82N2S2. The first-order valence-electron chi connectivity index (χ1n) is 27.8. The third-order valence-corrected chi connectivity index (χ3v) is 24.7. The third-order valence-electron chi connectivity index (χ3n) is 21.4. The number of benzene rings is 1. The Morgan fingerprint density at radius 3 is 2.42 bits per heavy atom. The summed E-state index contributed by atoms with van der Waals surface area (Å²) in [5, 5.41) is 1.95. The lowest BCUT2D eigenvalue weighted by Crippen LogP contribution is -2.68. The summed E-state index contributed by atoms with van der Waals surface area (Å²) in [6.45, 7) is 18.0. The van der Waals surface area contributed by atoms with Crippen molar-refractivity contribution in [3.05, 3.63) is 112 Å². The normalized spacial score (nSPS) is 46.7. The van der Waals surface area contributed by atoms with Crippen molar-refractivity contribution in [3.8, 4) is 0 Å². The molecule has 6 fully saturated rings. The molecule has 0 aromatic heterocycles. The van der Waals surface area contributed by atoms with Gasteiger partial charge in [-0.3, -0.25) is 0 Å². The minimum absolute atomic E-state index is 0.401. The predicted octanol–water partition coefficient (Wildman–Crippen LogP) is 15.5. The number of fused-ring (bicyclic) bond motifs is 5. The molecule has 0 bridgehead atoms. The van der Waals surface area contributed by atoms with Crippen LogP contribution >= 0.6 is 23.5 Å². The van der Waals surface area contributed by atoms with Gasteiger partial charge in [-0.05, 0) is 220 Å². The van der Waals surface area contributed by atoms with Crippen LogP contribution in [-0.2, 0) is 0 Å². The van der Waals surface area contributed by atoms with Crippen LogP contribution in [0.15, 0.2) is 101 Å². The van der Waals surface area contributed by atoms with Gasteiger partial charge < -0.3 is 9.80 Å².